The van der Waals surface area contributed by atoms with E-state index in [1.54, 1.807) is 25.3 Å². The van der Waals surface area contributed by atoms with Gasteiger partial charge in [-0.2, -0.15) is 0 Å². The SMILES string of the molecule is COCC(C)NC(N)=NCc1ccccc1F.I. The lowest BCUT2D eigenvalue weighted by Crippen LogP contribution is -2.40. The molecule has 1 unspecified atom stereocenters. The summed E-state index contributed by atoms with van der Waals surface area (Å²) >= 11 is 0. The molecule has 4 nitrogen and oxygen atoms in total. The van der Waals surface area contributed by atoms with Crippen molar-refractivity contribution < 1.29 is 9.13 Å². The van der Waals surface area contributed by atoms with Crippen molar-refractivity contribution >= 4 is 29.9 Å². The third kappa shape index (κ3) is 6.15. The third-order valence-corrected chi connectivity index (χ3v) is 2.19. The Morgan fingerprint density at radius 1 is 1.50 bits per heavy atom. The van der Waals surface area contributed by atoms with Crippen molar-refractivity contribution in [3.63, 3.8) is 0 Å². The van der Waals surface area contributed by atoms with Crippen LogP contribution in [-0.2, 0) is 11.3 Å². The fourth-order valence-corrected chi connectivity index (χ4v) is 1.39. The number of benzene rings is 1. The Balaban J connectivity index is 0.00000289. The van der Waals surface area contributed by atoms with Crippen LogP contribution in [0.4, 0.5) is 4.39 Å². The lowest BCUT2D eigenvalue weighted by molar-refractivity contribution is 0.179. The maximum absolute atomic E-state index is 13.3. The molecule has 0 aromatic heterocycles. The largest absolute Gasteiger partial charge is 0.383 e. The van der Waals surface area contributed by atoms with Gasteiger partial charge >= 0.3 is 0 Å². The van der Waals surface area contributed by atoms with E-state index in [-0.39, 0.29) is 48.3 Å². The fourth-order valence-electron chi connectivity index (χ4n) is 1.39. The van der Waals surface area contributed by atoms with E-state index in [9.17, 15) is 4.39 Å². The molecule has 0 saturated heterocycles. The summed E-state index contributed by atoms with van der Waals surface area (Å²) < 4.78 is 18.2. The van der Waals surface area contributed by atoms with Crippen molar-refractivity contribution in [2.75, 3.05) is 13.7 Å². The maximum Gasteiger partial charge on any atom is 0.189 e. The Labute approximate surface area is 124 Å². The van der Waals surface area contributed by atoms with Crippen molar-refractivity contribution in [1.29, 1.82) is 0 Å². The van der Waals surface area contributed by atoms with Gasteiger partial charge in [0.15, 0.2) is 5.96 Å². The highest BCUT2D eigenvalue weighted by molar-refractivity contribution is 14.0. The molecule has 0 aliphatic heterocycles. The number of nitrogens with two attached hydrogens (primary N) is 1. The van der Waals surface area contributed by atoms with Crippen LogP contribution in [0.15, 0.2) is 29.3 Å². The lowest BCUT2D eigenvalue weighted by Gasteiger charge is -2.13. The molecular weight excluding hydrogens is 348 g/mol. The van der Waals surface area contributed by atoms with Crippen molar-refractivity contribution in [2.45, 2.75) is 19.5 Å². The lowest BCUT2D eigenvalue weighted by atomic mass is 10.2. The van der Waals surface area contributed by atoms with Gasteiger partial charge < -0.3 is 15.8 Å². The van der Waals surface area contributed by atoms with Crippen LogP contribution in [-0.4, -0.2) is 25.7 Å². The minimum Gasteiger partial charge on any atom is -0.383 e. The minimum absolute atomic E-state index is 0. The average molecular weight is 367 g/mol. The van der Waals surface area contributed by atoms with Crippen molar-refractivity contribution in [2.24, 2.45) is 10.7 Å². The number of methoxy groups -OCH3 is 1. The quantitative estimate of drug-likeness (QED) is 0.475. The molecule has 0 aliphatic rings. The summed E-state index contributed by atoms with van der Waals surface area (Å²) in [6, 6.07) is 6.58. The van der Waals surface area contributed by atoms with Gasteiger partial charge in [0.2, 0.25) is 0 Å². The molecule has 0 radical (unpaired) electrons. The predicted octanol–water partition coefficient (Wildman–Crippen LogP) is 1.88. The van der Waals surface area contributed by atoms with Crippen LogP contribution in [0.25, 0.3) is 0 Å². The second-order valence-electron chi connectivity index (χ2n) is 3.79. The minimum atomic E-state index is -0.269. The number of nitrogens with zero attached hydrogens (tertiary/aromatic N) is 1. The van der Waals surface area contributed by atoms with Crippen LogP contribution >= 0.6 is 24.0 Å². The molecule has 0 spiro atoms. The van der Waals surface area contributed by atoms with Crippen LogP contribution in [0, 0.1) is 5.82 Å². The topological polar surface area (TPSA) is 59.6 Å². The molecule has 1 aromatic rings. The van der Waals surface area contributed by atoms with E-state index in [1.807, 2.05) is 6.92 Å². The van der Waals surface area contributed by atoms with E-state index in [0.29, 0.717) is 12.2 Å². The van der Waals surface area contributed by atoms with Gasteiger partial charge in [-0.25, -0.2) is 9.38 Å². The van der Waals surface area contributed by atoms with Crippen molar-refractivity contribution in [3.8, 4) is 0 Å². The van der Waals surface area contributed by atoms with Gasteiger partial charge in [-0.1, -0.05) is 18.2 Å². The monoisotopic (exact) mass is 367 g/mol. The number of hydrogen-bond acceptors (Lipinski definition) is 2. The second-order valence-corrected chi connectivity index (χ2v) is 3.79. The normalized spacial score (nSPS) is 12.7. The molecule has 102 valence electrons. The van der Waals surface area contributed by atoms with Gasteiger partial charge in [0, 0.05) is 18.7 Å². The van der Waals surface area contributed by atoms with Crippen LogP contribution in [0.5, 0.6) is 0 Å². The van der Waals surface area contributed by atoms with E-state index in [1.165, 1.54) is 6.07 Å². The number of nitrogens with one attached hydrogen (secondary N) is 1. The average Bonchev–Trinajstić information content (AvgIpc) is 2.28. The van der Waals surface area contributed by atoms with Gasteiger partial charge in [0.05, 0.1) is 13.2 Å². The molecule has 0 bridgehead atoms. The predicted molar refractivity (Wildman–Crippen MR) is 81.6 cm³/mol. The summed E-state index contributed by atoms with van der Waals surface area (Å²) in [6.07, 6.45) is 0. The Bertz CT molecular complexity index is 387. The number of aliphatic imine (C=N–C) groups is 1. The van der Waals surface area contributed by atoms with Crippen LogP contribution in [0.1, 0.15) is 12.5 Å². The van der Waals surface area contributed by atoms with Crippen molar-refractivity contribution in [3.05, 3.63) is 35.6 Å². The number of hydrogen-bond donors (Lipinski definition) is 2. The highest BCUT2D eigenvalue weighted by Crippen LogP contribution is 2.06. The van der Waals surface area contributed by atoms with Gasteiger partial charge in [-0.3, -0.25) is 0 Å². The zero-order valence-corrected chi connectivity index (χ0v) is 12.9. The van der Waals surface area contributed by atoms with Gasteiger partial charge in [-0.15, -0.1) is 24.0 Å². The van der Waals surface area contributed by atoms with E-state index in [4.69, 9.17) is 10.5 Å². The molecule has 6 heteroatoms. The third-order valence-electron chi connectivity index (χ3n) is 2.19. The van der Waals surface area contributed by atoms with E-state index in [0.717, 1.165) is 0 Å². The zero-order chi connectivity index (χ0) is 12.7. The molecule has 3 N–H and O–H groups in total. The number of halogens is 2. The van der Waals surface area contributed by atoms with Gasteiger partial charge in [0.25, 0.3) is 0 Å². The summed E-state index contributed by atoms with van der Waals surface area (Å²) in [7, 11) is 1.62. The van der Waals surface area contributed by atoms with Crippen LogP contribution in [0.2, 0.25) is 0 Å². The molecule has 18 heavy (non-hydrogen) atoms. The standard InChI is InChI=1S/C12H18FN3O.HI/c1-9(8-17-2)16-12(14)15-7-10-5-3-4-6-11(10)13;/h3-6,9H,7-8H2,1-2H3,(H3,14,15,16);1H. The Hall–Kier alpha value is -0.890. The summed E-state index contributed by atoms with van der Waals surface area (Å²) in [6.45, 7) is 2.69. The first-order valence-electron chi connectivity index (χ1n) is 5.42. The van der Waals surface area contributed by atoms with E-state index in [2.05, 4.69) is 10.3 Å². The number of rotatable bonds is 5. The van der Waals surface area contributed by atoms with Crippen molar-refractivity contribution in [1.82, 2.24) is 5.32 Å². The summed E-state index contributed by atoms with van der Waals surface area (Å²) in [5.74, 6) is 0.0202. The Morgan fingerprint density at radius 2 is 2.17 bits per heavy atom. The first-order valence-corrected chi connectivity index (χ1v) is 5.42. The van der Waals surface area contributed by atoms with E-state index < -0.39 is 0 Å². The molecule has 1 atom stereocenters. The van der Waals surface area contributed by atoms with Gasteiger partial charge in [-0.05, 0) is 13.0 Å². The molecular formula is C12H19FIN3O. The zero-order valence-electron chi connectivity index (χ0n) is 10.5. The van der Waals surface area contributed by atoms with Gasteiger partial charge in [0.1, 0.15) is 5.82 Å². The summed E-state index contributed by atoms with van der Waals surface area (Å²) in [5, 5.41) is 2.95. The molecule has 0 aliphatic carbocycles. The first-order chi connectivity index (χ1) is 8.13. The second kappa shape index (κ2) is 9.09. The van der Waals surface area contributed by atoms with Crippen LogP contribution in [0.3, 0.4) is 0 Å². The number of ether oxygens (including phenoxy) is 1. The smallest absolute Gasteiger partial charge is 0.189 e. The molecule has 0 heterocycles. The molecule has 1 rings (SSSR count). The Kier molecular flexibility index (Phi) is 8.65. The summed E-state index contributed by atoms with van der Waals surface area (Å²) in [4.78, 5) is 4.07. The molecule has 0 saturated carbocycles. The summed E-state index contributed by atoms with van der Waals surface area (Å²) in [5.41, 5.74) is 6.19. The molecule has 0 fully saturated rings. The van der Waals surface area contributed by atoms with Crippen LogP contribution < -0.4 is 11.1 Å². The highest BCUT2D eigenvalue weighted by Gasteiger charge is 2.02. The molecule has 1 aromatic carbocycles. The first kappa shape index (κ1) is 17.1. The van der Waals surface area contributed by atoms with E-state index >= 15 is 0 Å². The number of guanidine groups is 1. The fraction of sp³-hybridized carbons (Fsp3) is 0.417. The highest BCUT2D eigenvalue weighted by atomic mass is 127. The molecule has 0 amide bonds. The Morgan fingerprint density at radius 3 is 2.78 bits per heavy atom. The maximum atomic E-state index is 13.3.